The fourth-order valence-corrected chi connectivity index (χ4v) is 3.23. The smallest absolute Gasteiger partial charge is 0.209 e. The average Bonchev–Trinajstić information content (AvgIpc) is 2.68. The van der Waals surface area contributed by atoms with Crippen LogP contribution in [0.2, 0.25) is 0 Å². The number of fused-ring (bicyclic) bond motifs is 1. The van der Waals surface area contributed by atoms with E-state index in [0.717, 1.165) is 43.2 Å². The van der Waals surface area contributed by atoms with Crippen molar-refractivity contribution < 1.29 is 9.21 Å². The van der Waals surface area contributed by atoms with E-state index in [-0.39, 0.29) is 5.92 Å². The molecule has 19 heavy (non-hydrogen) atoms. The van der Waals surface area contributed by atoms with Crippen LogP contribution in [0.1, 0.15) is 44.4 Å². The Labute approximate surface area is 112 Å². The van der Waals surface area contributed by atoms with E-state index in [1.54, 1.807) is 0 Å². The highest BCUT2D eigenvalue weighted by molar-refractivity contribution is 5.93. The van der Waals surface area contributed by atoms with Crippen molar-refractivity contribution in [3.05, 3.63) is 30.2 Å². The van der Waals surface area contributed by atoms with Crippen LogP contribution in [0.4, 0.5) is 0 Å². The summed E-state index contributed by atoms with van der Waals surface area (Å²) in [6, 6.07) is 7.77. The van der Waals surface area contributed by atoms with Crippen molar-refractivity contribution in [1.82, 2.24) is 4.98 Å². The van der Waals surface area contributed by atoms with E-state index in [1.165, 1.54) is 6.42 Å². The lowest BCUT2D eigenvalue weighted by molar-refractivity contribution is -0.135. The molecule has 1 aromatic heterocycles. The van der Waals surface area contributed by atoms with Crippen molar-refractivity contribution in [2.45, 2.75) is 43.9 Å². The monoisotopic (exact) mass is 255 g/mol. The molecule has 1 heterocycles. The zero-order valence-electron chi connectivity index (χ0n) is 10.9. The van der Waals surface area contributed by atoms with Gasteiger partial charge in [0.05, 0.1) is 0 Å². The number of nitrogens with zero attached hydrogens (tertiary/aromatic N) is 1. The predicted octanol–water partition coefficient (Wildman–Crippen LogP) is 3.62. The molecule has 0 saturated heterocycles. The minimum absolute atomic E-state index is 0.260. The first-order chi connectivity index (χ1) is 9.29. The van der Waals surface area contributed by atoms with Gasteiger partial charge < -0.3 is 4.42 Å². The second-order valence-electron chi connectivity index (χ2n) is 5.91. The molecule has 0 N–H and O–H groups in total. The average molecular weight is 255 g/mol. The SMILES string of the molecule is O=C(C1CCC1)C1(c2nc3ccccc3o2)CCC1. The first kappa shape index (κ1) is 11.2. The number of rotatable bonds is 3. The lowest BCUT2D eigenvalue weighted by Crippen LogP contribution is -2.47. The van der Waals surface area contributed by atoms with Gasteiger partial charge in [-0.2, -0.15) is 0 Å². The van der Waals surface area contributed by atoms with Gasteiger partial charge in [-0.25, -0.2) is 4.98 Å². The first-order valence-electron chi connectivity index (χ1n) is 7.20. The number of carbonyl (C=O) groups excluding carboxylic acids is 1. The number of carbonyl (C=O) groups is 1. The third-order valence-corrected chi connectivity index (χ3v) is 4.86. The van der Waals surface area contributed by atoms with E-state index in [4.69, 9.17) is 4.42 Å². The Hall–Kier alpha value is -1.64. The van der Waals surface area contributed by atoms with Gasteiger partial charge in [-0.3, -0.25) is 4.79 Å². The van der Waals surface area contributed by atoms with E-state index in [2.05, 4.69) is 4.98 Å². The number of benzene rings is 1. The second kappa shape index (κ2) is 3.92. The second-order valence-corrected chi connectivity index (χ2v) is 5.91. The van der Waals surface area contributed by atoms with Crippen LogP contribution < -0.4 is 0 Å². The van der Waals surface area contributed by atoms with Crippen molar-refractivity contribution >= 4 is 16.9 Å². The number of oxazole rings is 1. The Morgan fingerprint density at radius 3 is 2.58 bits per heavy atom. The summed E-state index contributed by atoms with van der Waals surface area (Å²) in [4.78, 5) is 17.3. The minimum Gasteiger partial charge on any atom is -0.440 e. The molecular weight excluding hydrogens is 238 g/mol. The molecule has 0 atom stereocenters. The third kappa shape index (κ3) is 1.50. The van der Waals surface area contributed by atoms with E-state index in [1.807, 2.05) is 24.3 Å². The molecule has 2 saturated carbocycles. The minimum atomic E-state index is -0.399. The molecule has 2 aliphatic rings. The number of ketones is 1. The predicted molar refractivity (Wildman–Crippen MR) is 71.9 cm³/mol. The molecule has 0 aliphatic heterocycles. The van der Waals surface area contributed by atoms with Gasteiger partial charge >= 0.3 is 0 Å². The van der Waals surface area contributed by atoms with Crippen molar-refractivity contribution in [1.29, 1.82) is 0 Å². The molecule has 0 radical (unpaired) electrons. The van der Waals surface area contributed by atoms with Crippen molar-refractivity contribution in [2.75, 3.05) is 0 Å². The van der Waals surface area contributed by atoms with Crippen LogP contribution in [0.5, 0.6) is 0 Å². The van der Waals surface area contributed by atoms with Crippen LogP contribution in [-0.2, 0) is 10.2 Å². The lowest BCUT2D eigenvalue weighted by Gasteiger charge is -2.41. The Kier molecular flexibility index (Phi) is 2.32. The molecule has 3 heteroatoms. The quantitative estimate of drug-likeness (QED) is 0.841. The van der Waals surface area contributed by atoms with E-state index in [9.17, 15) is 4.79 Å². The highest BCUT2D eigenvalue weighted by Crippen LogP contribution is 2.48. The molecule has 2 aromatic rings. The van der Waals surface area contributed by atoms with Crippen molar-refractivity contribution in [2.24, 2.45) is 5.92 Å². The lowest BCUT2D eigenvalue weighted by atomic mass is 9.60. The van der Waals surface area contributed by atoms with Crippen LogP contribution in [-0.4, -0.2) is 10.8 Å². The molecule has 1 aromatic carbocycles. The highest BCUT2D eigenvalue weighted by Gasteiger charge is 2.52. The maximum atomic E-state index is 12.7. The molecule has 3 nitrogen and oxygen atoms in total. The van der Waals surface area contributed by atoms with Crippen LogP contribution in [0.15, 0.2) is 28.7 Å². The maximum Gasteiger partial charge on any atom is 0.209 e. The molecule has 0 amide bonds. The summed E-state index contributed by atoms with van der Waals surface area (Å²) in [7, 11) is 0. The summed E-state index contributed by atoms with van der Waals surface area (Å²) < 4.78 is 5.88. The van der Waals surface area contributed by atoms with E-state index in [0.29, 0.717) is 11.7 Å². The molecule has 98 valence electrons. The van der Waals surface area contributed by atoms with Gasteiger partial charge in [-0.05, 0) is 37.8 Å². The molecular formula is C16H17NO2. The van der Waals surface area contributed by atoms with Gasteiger partial charge in [0.15, 0.2) is 11.4 Å². The molecule has 4 rings (SSSR count). The van der Waals surface area contributed by atoms with Crippen LogP contribution >= 0.6 is 0 Å². The summed E-state index contributed by atoms with van der Waals surface area (Å²) in [6.07, 6.45) is 6.24. The fraction of sp³-hybridized carbons (Fsp3) is 0.500. The van der Waals surface area contributed by atoms with Crippen LogP contribution in [0.3, 0.4) is 0 Å². The Balaban J connectivity index is 1.76. The Morgan fingerprint density at radius 1 is 1.21 bits per heavy atom. The molecule has 0 unspecified atom stereocenters. The topological polar surface area (TPSA) is 43.1 Å². The maximum absolute atomic E-state index is 12.7. The number of hydrogen-bond acceptors (Lipinski definition) is 3. The third-order valence-electron chi connectivity index (χ3n) is 4.86. The molecule has 2 aliphatic carbocycles. The largest absolute Gasteiger partial charge is 0.440 e. The van der Waals surface area contributed by atoms with Crippen molar-refractivity contribution in [3.63, 3.8) is 0 Å². The molecule has 2 fully saturated rings. The van der Waals surface area contributed by atoms with Gasteiger partial charge in [0.25, 0.3) is 0 Å². The Morgan fingerprint density at radius 2 is 2.00 bits per heavy atom. The normalized spacial score (nSPS) is 21.9. The van der Waals surface area contributed by atoms with Gasteiger partial charge in [0.2, 0.25) is 5.89 Å². The fourth-order valence-electron chi connectivity index (χ4n) is 3.23. The highest BCUT2D eigenvalue weighted by atomic mass is 16.4. The number of hydrogen-bond donors (Lipinski definition) is 0. The summed E-state index contributed by atoms with van der Waals surface area (Å²) in [5, 5.41) is 0. The van der Waals surface area contributed by atoms with Crippen LogP contribution in [0.25, 0.3) is 11.1 Å². The zero-order valence-corrected chi connectivity index (χ0v) is 10.9. The summed E-state index contributed by atoms with van der Waals surface area (Å²) in [5.41, 5.74) is 1.26. The number of aromatic nitrogens is 1. The zero-order chi connectivity index (χ0) is 12.9. The van der Waals surface area contributed by atoms with Crippen LogP contribution in [0, 0.1) is 5.92 Å². The van der Waals surface area contributed by atoms with Gasteiger partial charge in [0, 0.05) is 5.92 Å². The first-order valence-corrected chi connectivity index (χ1v) is 7.20. The summed E-state index contributed by atoms with van der Waals surface area (Å²) >= 11 is 0. The van der Waals surface area contributed by atoms with Gasteiger partial charge in [-0.1, -0.05) is 25.0 Å². The molecule has 0 bridgehead atoms. The van der Waals surface area contributed by atoms with E-state index >= 15 is 0 Å². The number of Topliss-reactive ketones (excluding diaryl/α,β-unsaturated/α-hetero) is 1. The summed E-state index contributed by atoms with van der Waals surface area (Å²) in [6.45, 7) is 0. The number of para-hydroxylation sites is 2. The standard InChI is InChI=1S/C16H17NO2/c18-14(11-5-3-6-11)16(9-4-10-16)15-17-12-7-1-2-8-13(12)19-15/h1-2,7-8,11H,3-6,9-10H2. The Bertz CT molecular complexity index is 602. The molecule has 0 spiro atoms. The van der Waals surface area contributed by atoms with Crippen molar-refractivity contribution in [3.8, 4) is 0 Å². The van der Waals surface area contributed by atoms with Gasteiger partial charge in [-0.15, -0.1) is 0 Å². The van der Waals surface area contributed by atoms with Gasteiger partial charge in [0.1, 0.15) is 10.9 Å². The summed E-state index contributed by atoms with van der Waals surface area (Å²) in [5.74, 6) is 1.31. The van der Waals surface area contributed by atoms with E-state index < -0.39 is 5.41 Å².